The lowest BCUT2D eigenvalue weighted by atomic mass is 10.2. The van der Waals surface area contributed by atoms with Crippen molar-refractivity contribution >= 4 is 10.0 Å². The molecule has 0 spiro atoms. The van der Waals surface area contributed by atoms with E-state index in [0.717, 1.165) is 6.20 Å². The number of aryl methyl sites for hydroxylation is 1. The summed E-state index contributed by atoms with van der Waals surface area (Å²) in [5.41, 5.74) is 0.0347. The van der Waals surface area contributed by atoms with Crippen molar-refractivity contribution in [1.29, 1.82) is 0 Å². The van der Waals surface area contributed by atoms with E-state index in [1.807, 2.05) is 6.92 Å². The van der Waals surface area contributed by atoms with Crippen LogP contribution in [0.5, 0.6) is 0 Å². The average molecular weight is 333 g/mol. The van der Waals surface area contributed by atoms with E-state index in [1.54, 1.807) is 23.1 Å². The average Bonchev–Trinajstić information content (AvgIpc) is 3.06. The zero-order valence-electron chi connectivity index (χ0n) is 12.1. The molecule has 1 unspecified atom stereocenters. The summed E-state index contributed by atoms with van der Waals surface area (Å²) in [6.45, 7) is 1.08. The summed E-state index contributed by atoms with van der Waals surface area (Å²) in [6.07, 6.45) is 4.25. The largest absolute Gasteiger partial charge is 0.333 e. The third kappa shape index (κ3) is 3.89. The van der Waals surface area contributed by atoms with Gasteiger partial charge in [-0.1, -0.05) is 6.92 Å². The minimum atomic E-state index is -3.87. The van der Waals surface area contributed by atoms with E-state index in [1.165, 1.54) is 6.92 Å². The summed E-state index contributed by atoms with van der Waals surface area (Å²) in [7, 11) is -3.87. The Hall–Kier alpha value is -1.81. The molecule has 0 aliphatic rings. The number of nitrogens with one attached hydrogen (secondary N) is 1. The number of aromatic nitrogens is 4. The molecule has 2 aromatic rings. The number of halogens is 2. The van der Waals surface area contributed by atoms with Crippen molar-refractivity contribution in [3.05, 3.63) is 30.4 Å². The highest BCUT2D eigenvalue weighted by Gasteiger charge is 2.23. The molecular formula is C12H17F2N5O2S. The van der Waals surface area contributed by atoms with Crippen molar-refractivity contribution in [2.24, 2.45) is 5.92 Å². The van der Waals surface area contributed by atoms with Crippen molar-refractivity contribution in [3.8, 4) is 0 Å². The SMILES string of the molecule is Cc1nn(C(F)F)cc1S(=O)(=O)NCC(C)Cn1cccn1. The van der Waals surface area contributed by atoms with Crippen LogP contribution in [0, 0.1) is 12.8 Å². The smallest absolute Gasteiger partial charge is 0.272 e. The molecule has 122 valence electrons. The zero-order valence-corrected chi connectivity index (χ0v) is 13.0. The first-order valence-electron chi connectivity index (χ1n) is 6.60. The summed E-state index contributed by atoms with van der Waals surface area (Å²) in [5.74, 6) is -0.0138. The van der Waals surface area contributed by atoms with E-state index in [4.69, 9.17) is 0 Å². The molecule has 0 radical (unpaired) electrons. The van der Waals surface area contributed by atoms with Crippen molar-refractivity contribution in [3.63, 3.8) is 0 Å². The summed E-state index contributed by atoms with van der Waals surface area (Å²) in [6, 6.07) is 1.78. The van der Waals surface area contributed by atoms with Crippen LogP contribution >= 0.6 is 0 Å². The van der Waals surface area contributed by atoms with Crippen LogP contribution in [0.2, 0.25) is 0 Å². The molecule has 0 saturated carbocycles. The van der Waals surface area contributed by atoms with Gasteiger partial charge in [0.1, 0.15) is 4.90 Å². The van der Waals surface area contributed by atoms with Crippen molar-refractivity contribution in [2.75, 3.05) is 6.54 Å². The predicted octanol–water partition coefficient (Wildman–Crippen LogP) is 1.40. The highest BCUT2D eigenvalue weighted by molar-refractivity contribution is 7.89. The molecule has 7 nitrogen and oxygen atoms in total. The topological polar surface area (TPSA) is 81.8 Å². The maximum Gasteiger partial charge on any atom is 0.333 e. The lowest BCUT2D eigenvalue weighted by molar-refractivity contribution is 0.0561. The Balaban J connectivity index is 2.01. The van der Waals surface area contributed by atoms with Crippen LogP contribution in [0.4, 0.5) is 8.78 Å². The Labute approximate surface area is 127 Å². The molecule has 22 heavy (non-hydrogen) atoms. The standard InChI is InChI=1S/C12H17F2N5O2S/c1-9(7-18-5-3-4-15-18)6-16-22(20,21)11-8-19(12(13)14)17-10(11)2/h3-5,8-9,12,16H,6-7H2,1-2H3. The van der Waals surface area contributed by atoms with Gasteiger partial charge in [-0.3, -0.25) is 4.68 Å². The fourth-order valence-electron chi connectivity index (χ4n) is 1.95. The molecule has 10 heteroatoms. The molecule has 0 aromatic carbocycles. The van der Waals surface area contributed by atoms with E-state index in [9.17, 15) is 17.2 Å². The lowest BCUT2D eigenvalue weighted by Gasteiger charge is -2.12. The molecule has 2 rings (SSSR count). The minimum Gasteiger partial charge on any atom is -0.272 e. The monoisotopic (exact) mass is 333 g/mol. The van der Waals surface area contributed by atoms with Gasteiger partial charge >= 0.3 is 6.55 Å². The van der Waals surface area contributed by atoms with E-state index < -0.39 is 16.6 Å². The minimum absolute atomic E-state index is 0.0138. The normalized spacial score (nSPS) is 13.7. The number of rotatable bonds is 7. The predicted molar refractivity (Wildman–Crippen MR) is 74.8 cm³/mol. The van der Waals surface area contributed by atoms with Gasteiger partial charge in [-0.15, -0.1) is 0 Å². The number of hydrogen-bond acceptors (Lipinski definition) is 4. The first-order chi connectivity index (χ1) is 10.3. The van der Waals surface area contributed by atoms with Crippen LogP contribution in [0.25, 0.3) is 0 Å². The molecule has 0 amide bonds. The maximum atomic E-state index is 12.5. The molecule has 2 heterocycles. The summed E-state index contributed by atoms with van der Waals surface area (Å²) in [4.78, 5) is -0.237. The second-order valence-corrected chi connectivity index (χ2v) is 6.76. The molecule has 1 atom stereocenters. The molecule has 1 N–H and O–H groups in total. The molecule has 0 bridgehead atoms. The maximum absolute atomic E-state index is 12.5. The summed E-state index contributed by atoms with van der Waals surface area (Å²) < 4.78 is 53.9. The Morgan fingerprint density at radius 1 is 1.41 bits per heavy atom. The van der Waals surface area contributed by atoms with Crippen LogP contribution < -0.4 is 4.72 Å². The summed E-state index contributed by atoms with van der Waals surface area (Å²) >= 11 is 0. The van der Waals surface area contributed by atoms with Crippen molar-refractivity contribution < 1.29 is 17.2 Å². The van der Waals surface area contributed by atoms with E-state index in [2.05, 4.69) is 14.9 Å². The molecule has 0 aliphatic carbocycles. The van der Waals surface area contributed by atoms with Crippen LogP contribution in [0.3, 0.4) is 0 Å². The third-order valence-electron chi connectivity index (χ3n) is 3.04. The van der Waals surface area contributed by atoms with Gasteiger partial charge in [0.25, 0.3) is 0 Å². The molecule has 0 fully saturated rings. The van der Waals surface area contributed by atoms with E-state index in [-0.39, 0.29) is 23.1 Å². The Morgan fingerprint density at radius 3 is 2.68 bits per heavy atom. The van der Waals surface area contributed by atoms with Gasteiger partial charge in [-0.05, 0) is 18.9 Å². The van der Waals surface area contributed by atoms with Crippen molar-refractivity contribution in [2.45, 2.75) is 31.8 Å². The Bertz CT molecular complexity index is 712. The number of sulfonamides is 1. The fourth-order valence-corrected chi connectivity index (χ4v) is 3.29. The second kappa shape index (κ2) is 6.53. The van der Waals surface area contributed by atoms with Crippen molar-refractivity contribution in [1.82, 2.24) is 24.3 Å². The number of alkyl halides is 2. The molecule has 2 aromatic heterocycles. The van der Waals surface area contributed by atoms with Crippen LogP contribution in [-0.2, 0) is 16.6 Å². The van der Waals surface area contributed by atoms with Gasteiger partial charge in [0.15, 0.2) is 0 Å². The highest BCUT2D eigenvalue weighted by Crippen LogP contribution is 2.17. The van der Waals surface area contributed by atoms with Crippen LogP contribution in [0.1, 0.15) is 19.2 Å². The fraction of sp³-hybridized carbons (Fsp3) is 0.500. The quantitative estimate of drug-likeness (QED) is 0.830. The van der Waals surface area contributed by atoms with Gasteiger partial charge in [0.2, 0.25) is 10.0 Å². The zero-order chi connectivity index (χ0) is 16.3. The number of nitrogens with zero attached hydrogens (tertiary/aromatic N) is 4. The first-order valence-corrected chi connectivity index (χ1v) is 8.09. The van der Waals surface area contributed by atoms with Gasteiger partial charge in [0, 0.05) is 25.5 Å². The Kier molecular flexibility index (Phi) is 4.91. The number of hydrogen-bond donors (Lipinski definition) is 1. The summed E-state index contributed by atoms with van der Waals surface area (Å²) in [5, 5.41) is 7.54. The van der Waals surface area contributed by atoms with Crippen LogP contribution in [-0.4, -0.2) is 34.5 Å². The Morgan fingerprint density at radius 2 is 2.14 bits per heavy atom. The lowest BCUT2D eigenvalue weighted by Crippen LogP contribution is -2.30. The molecule has 0 saturated heterocycles. The van der Waals surface area contributed by atoms with E-state index >= 15 is 0 Å². The second-order valence-electron chi connectivity index (χ2n) is 5.02. The first kappa shape index (κ1) is 16.6. The van der Waals surface area contributed by atoms with Gasteiger partial charge < -0.3 is 0 Å². The van der Waals surface area contributed by atoms with Gasteiger partial charge in [-0.2, -0.15) is 19.0 Å². The third-order valence-corrected chi connectivity index (χ3v) is 4.57. The van der Waals surface area contributed by atoms with E-state index in [0.29, 0.717) is 11.2 Å². The molecule has 0 aliphatic heterocycles. The van der Waals surface area contributed by atoms with Gasteiger partial charge in [-0.25, -0.2) is 17.8 Å². The van der Waals surface area contributed by atoms with Crippen LogP contribution in [0.15, 0.2) is 29.6 Å². The van der Waals surface area contributed by atoms with Gasteiger partial charge in [0.05, 0.1) is 11.9 Å². The molecular weight excluding hydrogens is 316 g/mol. The highest BCUT2D eigenvalue weighted by atomic mass is 32.2.